The first kappa shape index (κ1) is 17.5. The molecular formula is C18H20N2O4. The van der Waals surface area contributed by atoms with Crippen molar-refractivity contribution in [3.05, 3.63) is 69.3 Å². The van der Waals surface area contributed by atoms with Gasteiger partial charge in [-0.15, -0.1) is 0 Å². The number of nitro groups is 1. The van der Waals surface area contributed by atoms with Crippen molar-refractivity contribution in [2.45, 2.75) is 26.8 Å². The highest BCUT2D eigenvalue weighted by Gasteiger charge is 2.16. The number of nitrogens with zero attached hydrogens (tertiary/aromatic N) is 1. The van der Waals surface area contributed by atoms with Gasteiger partial charge in [-0.25, -0.2) is 0 Å². The van der Waals surface area contributed by atoms with Crippen LogP contribution in [-0.2, 0) is 0 Å². The molecule has 1 amide bonds. The van der Waals surface area contributed by atoms with Crippen LogP contribution < -0.4 is 10.1 Å². The van der Waals surface area contributed by atoms with Crippen molar-refractivity contribution < 1.29 is 14.5 Å². The van der Waals surface area contributed by atoms with Crippen LogP contribution in [0.2, 0.25) is 0 Å². The Labute approximate surface area is 140 Å². The molecular weight excluding hydrogens is 308 g/mol. The number of ether oxygens (including phenoxy) is 1. The maximum absolute atomic E-state index is 12.2. The number of carbonyl (C=O) groups is 1. The number of nitrogens with one attached hydrogen (secondary N) is 1. The molecule has 0 aliphatic heterocycles. The number of amides is 1. The van der Waals surface area contributed by atoms with Gasteiger partial charge in [-0.3, -0.25) is 14.9 Å². The smallest absolute Gasteiger partial charge is 0.273 e. The van der Waals surface area contributed by atoms with Crippen molar-refractivity contribution in [3.8, 4) is 5.75 Å². The van der Waals surface area contributed by atoms with Crippen molar-refractivity contribution in [1.29, 1.82) is 0 Å². The fourth-order valence-corrected chi connectivity index (χ4v) is 2.23. The number of carbonyl (C=O) groups excluding carboxylic acids is 1. The topological polar surface area (TPSA) is 81.5 Å². The highest BCUT2D eigenvalue weighted by atomic mass is 16.6. The number of benzene rings is 2. The highest BCUT2D eigenvalue weighted by Crippen LogP contribution is 2.19. The molecule has 2 rings (SSSR count). The first-order chi connectivity index (χ1) is 11.4. The van der Waals surface area contributed by atoms with Crippen LogP contribution in [0.25, 0.3) is 0 Å². The molecule has 0 saturated heterocycles. The summed E-state index contributed by atoms with van der Waals surface area (Å²) in [6.07, 6.45) is 0. The molecule has 6 heteroatoms. The quantitative estimate of drug-likeness (QED) is 0.651. The normalized spacial score (nSPS) is 11.6. The molecule has 2 aromatic rings. The first-order valence-corrected chi connectivity index (χ1v) is 7.63. The lowest BCUT2D eigenvalue weighted by Crippen LogP contribution is -2.36. The maximum atomic E-state index is 12.2. The van der Waals surface area contributed by atoms with Gasteiger partial charge in [0.05, 0.1) is 11.0 Å². The predicted molar refractivity (Wildman–Crippen MR) is 91.4 cm³/mol. The van der Waals surface area contributed by atoms with E-state index in [-0.39, 0.29) is 23.2 Å². The molecule has 0 fully saturated rings. The van der Waals surface area contributed by atoms with Gasteiger partial charge in [0, 0.05) is 17.2 Å². The second-order valence-electron chi connectivity index (χ2n) is 5.71. The van der Waals surface area contributed by atoms with Gasteiger partial charge in [0.2, 0.25) is 0 Å². The monoisotopic (exact) mass is 328 g/mol. The minimum atomic E-state index is -0.489. The summed E-state index contributed by atoms with van der Waals surface area (Å²) in [5.74, 6) is 0.406. The van der Waals surface area contributed by atoms with Gasteiger partial charge >= 0.3 is 0 Å². The Kier molecular flexibility index (Phi) is 5.52. The fraction of sp³-hybridized carbons (Fsp3) is 0.278. The van der Waals surface area contributed by atoms with Gasteiger partial charge in [0.15, 0.2) is 0 Å². The average Bonchev–Trinajstić information content (AvgIpc) is 2.54. The number of rotatable bonds is 6. The second kappa shape index (κ2) is 7.59. The third kappa shape index (κ3) is 4.32. The van der Waals surface area contributed by atoms with Crippen molar-refractivity contribution in [2.24, 2.45) is 0 Å². The average molecular weight is 328 g/mol. The Balaban J connectivity index is 1.98. The van der Waals surface area contributed by atoms with E-state index in [0.717, 1.165) is 11.3 Å². The molecule has 1 atom stereocenters. The molecule has 0 saturated carbocycles. The maximum Gasteiger partial charge on any atom is 0.273 e. The van der Waals surface area contributed by atoms with Crippen LogP contribution in [-0.4, -0.2) is 23.5 Å². The lowest BCUT2D eigenvalue weighted by molar-refractivity contribution is -0.385. The molecule has 2 aromatic carbocycles. The van der Waals surface area contributed by atoms with Crippen LogP contribution in [0, 0.1) is 24.0 Å². The van der Waals surface area contributed by atoms with Crippen LogP contribution in [0.15, 0.2) is 42.5 Å². The van der Waals surface area contributed by atoms with Gasteiger partial charge in [-0.1, -0.05) is 24.3 Å². The molecule has 0 radical (unpaired) electrons. The van der Waals surface area contributed by atoms with Crippen LogP contribution in [0.4, 0.5) is 5.69 Å². The number of aryl methyl sites for hydroxylation is 2. The molecule has 0 unspecified atom stereocenters. The molecule has 0 heterocycles. The summed E-state index contributed by atoms with van der Waals surface area (Å²) >= 11 is 0. The van der Waals surface area contributed by atoms with Gasteiger partial charge in [0.1, 0.15) is 12.4 Å². The summed E-state index contributed by atoms with van der Waals surface area (Å²) < 4.78 is 5.69. The largest absolute Gasteiger partial charge is 0.491 e. The summed E-state index contributed by atoms with van der Waals surface area (Å²) in [7, 11) is 0. The summed E-state index contributed by atoms with van der Waals surface area (Å²) in [5.41, 5.74) is 1.74. The van der Waals surface area contributed by atoms with Crippen LogP contribution in [0.1, 0.15) is 28.4 Å². The number of nitro benzene ring substituents is 1. The molecule has 24 heavy (non-hydrogen) atoms. The van der Waals surface area contributed by atoms with Gasteiger partial charge < -0.3 is 10.1 Å². The van der Waals surface area contributed by atoms with E-state index in [0.29, 0.717) is 12.2 Å². The van der Waals surface area contributed by atoms with Crippen molar-refractivity contribution in [3.63, 3.8) is 0 Å². The molecule has 0 bridgehead atoms. The number of para-hydroxylation sites is 1. The zero-order chi connectivity index (χ0) is 17.7. The molecule has 0 spiro atoms. The van der Waals surface area contributed by atoms with E-state index in [9.17, 15) is 14.9 Å². The predicted octanol–water partition coefficient (Wildman–Crippen LogP) is 3.41. The second-order valence-corrected chi connectivity index (χ2v) is 5.71. The standard InChI is InChI=1S/C18H20N2O4/c1-12-8-9-15(10-16(12)20(22)23)18(21)19-14(3)11-24-17-7-5-4-6-13(17)2/h4-10,14H,11H2,1-3H3,(H,19,21)/t14-/m1/s1. The Morgan fingerprint density at radius 3 is 2.58 bits per heavy atom. The van der Waals surface area contributed by atoms with E-state index in [2.05, 4.69) is 5.32 Å². The van der Waals surface area contributed by atoms with Crippen molar-refractivity contribution in [2.75, 3.05) is 6.61 Å². The van der Waals surface area contributed by atoms with Gasteiger partial charge in [-0.2, -0.15) is 0 Å². The van der Waals surface area contributed by atoms with E-state index < -0.39 is 4.92 Å². The molecule has 0 aliphatic carbocycles. The van der Waals surface area contributed by atoms with E-state index in [4.69, 9.17) is 4.74 Å². The number of hydrogen-bond donors (Lipinski definition) is 1. The van der Waals surface area contributed by atoms with Gasteiger partial charge in [-0.05, 0) is 38.5 Å². The fourth-order valence-electron chi connectivity index (χ4n) is 2.23. The molecule has 126 valence electrons. The zero-order valence-corrected chi connectivity index (χ0v) is 13.9. The van der Waals surface area contributed by atoms with E-state index in [1.165, 1.54) is 6.07 Å². The zero-order valence-electron chi connectivity index (χ0n) is 13.9. The lowest BCUT2D eigenvalue weighted by atomic mass is 10.1. The van der Waals surface area contributed by atoms with Gasteiger partial charge in [0.25, 0.3) is 11.6 Å². The molecule has 1 N–H and O–H groups in total. The minimum absolute atomic E-state index is 0.0635. The lowest BCUT2D eigenvalue weighted by Gasteiger charge is -2.16. The third-order valence-corrected chi connectivity index (χ3v) is 3.63. The highest BCUT2D eigenvalue weighted by molar-refractivity contribution is 5.95. The number of hydrogen-bond acceptors (Lipinski definition) is 4. The third-order valence-electron chi connectivity index (χ3n) is 3.63. The Morgan fingerprint density at radius 1 is 1.21 bits per heavy atom. The first-order valence-electron chi connectivity index (χ1n) is 7.63. The van der Waals surface area contributed by atoms with Crippen molar-refractivity contribution in [1.82, 2.24) is 5.32 Å². The summed E-state index contributed by atoms with van der Waals surface area (Å²) in [6, 6.07) is 11.8. The Bertz CT molecular complexity index is 758. The molecule has 6 nitrogen and oxygen atoms in total. The Morgan fingerprint density at radius 2 is 1.92 bits per heavy atom. The van der Waals surface area contributed by atoms with E-state index in [1.54, 1.807) is 19.1 Å². The summed E-state index contributed by atoms with van der Waals surface area (Å²) in [4.78, 5) is 22.7. The van der Waals surface area contributed by atoms with E-state index in [1.807, 2.05) is 38.1 Å². The summed E-state index contributed by atoms with van der Waals surface area (Å²) in [5, 5.41) is 13.7. The van der Waals surface area contributed by atoms with Crippen LogP contribution in [0.3, 0.4) is 0 Å². The minimum Gasteiger partial charge on any atom is -0.491 e. The van der Waals surface area contributed by atoms with Crippen LogP contribution >= 0.6 is 0 Å². The Hall–Kier alpha value is -2.89. The molecule has 0 aliphatic rings. The van der Waals surface area contributed by atoms with Crippen molar-refractivity contribution >= 4 is 11.6 Å². The summed E-state index contributed by atoms with van der Waals surface area (Å²) in [6.45, 7) is 5.71. The SMILES string of the molecule is Cc1ccccc1OC[C@@H](C)NC(=O)c1ccc(C)c([N+](=O)[O-])c1. The molecule has 0 aromatic heterocycles. The van der Waals surface area contributed by atoms with Crippen LogP contribution in [0.5, 0.6) is 5.75 Å². The van der Waals surface area contributed by atoms with E-state index >= 15 is 0 Å².